The van der Waals surface area contributed by atoms with Gasteiger partial charge < -0.3 is 9.88 Å². The van der Waals surface area contributed by atoms with Gasteiger partial charge in [-0.05, 0) is 25.9 Å². The number of rotatable bonds is 4. The van der Waals surface area contributed by atoms with Gasteiger partial charge in [-0.25, -0.2) is 13.4 Å². The fourth-order valence-corrected chi connectivity index (χ4v) is 3.62. The second-order valence-electron chi connectivity index (χ2n) is 4.45. The van der Waals surface area contributed by atoms with E-state index in [0.29, 0.717) is 19.0 Å². The Morgan fingerprint density at radius 3 is 2.94 bits per heavy atom. The molecule has 2 rings (SSSR count). The smallest absolute Gasteiger partial charge is 0.262 e. The highest BCUT2D eigenvalue weighted by Gasteiger charge is 2.33. The Labute approximate surface area is 102 Å². The number of hydrogen-bond acceptors (Lipinski definition) is 4. The molecular formula is C10H18N4O2S. The van der Waals surface area contributed by atoms with Gasteiger partial charge in [-0.1, -0.05) is 0 Å². The van der Waals surface area contributed by atoms with Crippen LogP contribution in [0.3, 0.4) is 0 Å². The lowest BCUT2D eigenvalue weighted by atomic mass is 10.1. The number of nitrogens with one attached hydrogen (secondary N) is 1. The highest BCUT2D eigenvalue weighted by Crippen LogP contribution is 2.22. The van der Waals surface area contributed by atoms with Crippen LogP contribution in [0.25, 0.3) is 0 Å². The molecule has 0 saturated carbocycles. The summed E-state index contributed by atoms with van der Waals surface area (Å²) in [7, 11) is 0.253. The Morgan fingerprint density at radius 2 is 2.35 bits per heavy atom. The highest BCUT2D eigenvalue weighted by atomic mass is 32.2. The lowest BCUT2D eigenvalue weighted by Crippen LogP contribution is -2.30. The lowest BCUT2D eigenvalue weighted by Gasteiger charge is -2.14. The summed E-state index contributed by atoms with van der Waals surface area (Å²) in [5.74, 6) is 0.401. The van der Waals surface area contributed by atoms with Crippen molar-refractivity contribution in [1.82, 2.24) is 19.2 Å². The SMILES string of the molecule is CNCC1CCN(S(=O)(=O)c2cn(C)cn2)C1. The average Bonchev–Trinajstić information content (AvgIpc) is 2.88. The summed E-state index contributed by atoms with van der Waals surface area (Å²) >= 11 is 0. The Hall–Kier alpha value is -0.920. The van der Waals surface area contributed by atoms with Gasteiger partial charge >= 0.3 is 0 Å². The molecule has 1 fully saturated rings. The van der Waals surface area contributed by atoms with Crippen molar-refractivity contribution in [2.45, 2.75) is 11.4 Å². The van der Waals surface area contributed by atoms with E-state index in [1.54, 1.807) is 17.8 Å². The maximum absolute atomic E-state index is 12.2. The summed E-state index contributed by atoms with van der Waals surface area (Å²) < 4.78 is 27.6. The fourth-order valence-electron chi connectivity index (χ4n) is 2.13. The second-order valence-corrected chi connectivity index (χ2v) is 6.34. The minimum Gasteiger partial charge on any atom is -0.339 e. The molecule has 17 heavy (non-hydrogen) atoms. The van der Waals surface area contributed by atoms with Crippen LogP contribution in [0.4, 0.5) is 0 Å². The molecule has 1 aromatic rings. The number of aromatic nitrogens is 2. The molecule has 0 amide bonds. The second kappa shape index (κ2) is 4.75. The van der Waals surface area contributed by atoms with E-state index in [1.165, 1.54) is 10.6 Å². The molecule has 0 radical (unpaired) electrons. The molecule has 0 aromatic carbocycles. The Balaban J connectivity index is 2.13. The Morgan fingerprint density at radius 1 is 1.59 bits per heavy atom. The van der Waals surface area contributed by atoms with Crippen molar-refractivity contribution in [1.29, 1.82) is 0 Å². The maximum Gasteiger partial charge on any atom is 0.262 e. The van der Waals surface area contributed by atoms with Gasteiger partial charge in [0, 0.05) is 26.3 Å². The van der Waals surface area contributed by atoms with Crippen molar-refractivity contribution in [3.8, 4) is 0 Å². The van der Waals surface area contributed by atoms with Crippen LogP contribution in [0, 0.1) is 5.92 Å². The number of imidazole rings is 1. The van der Waals surface area contributed by atoms with Crippen LogP contribution in [0.2, 0.25) is 0 Å². The first kappa shape index (κ1) is 12.5. The number of sulfonamides is 1. The fraction of sp³-hybridized carbons (Fsp3) is 0.700. The largest absolute Gasteiger partial charge is 0.339 e. The van der Waals surface area contributed by atoms with Crippen LogP contribution < -0.4 is 5.32 Å². The van der Waals surface area contributed by atoms with Crippen LogP contribution in [-0.4, -0.2) is 49.0 Å². The van der Waals surface area contributed by atoms with Crippen molar-refractivity contribution in [3.63, 3.8) is 0 Å². The molecule has 6 nitrogen and oxygen atoms in total. The summed E-state index contributed by atoms with van der Waals surface area (Å²) in [6.07, 6.45) is 3.96. The van der Waals surface area contributed by atoms with Crippen LogP contribution in [0.5, 0.6) is 0 Å². The van der Waals surface area contributed by atoms with E-state index in [2.05, 4.69) is 10.3 Å². The molecule has 1 saturated heterocycles. The van der Waals surface area contributed by atoms with Gasteiger partial charge in [-0.2, -0.15) is 4.31 Å². The molecule has 1 atom stereocenters. The first-order chi connectivity index (χ1) is 8.04. The van der Waals surface area contributed by atoms with Crippen molar-refractivity contribution in [2.75, 3.05) is 26.7 Å². The topological polar surface area (TPSA) is 67.2 Å². The molecule has 1 aliphatic heterocycles. The summed E-state index contributed by atoms with van der Waals surface area (Å²) in [5, 5.41) is 3.23. The molecule has 0 bridgehead atoms. The van der Waals surface area contributed by atoms with E-state index >= 15 is 0 Å². The van der Waals surface area contributed by atoms with E-state index < -0.39 is 10.0 Å². The molecule has 0 aliphatic carbocycles. The highest BCUT2D eigenvalue weighted by molar-refractivity contribution is 7.89. The minimum atomic E-state index is -3.40. The molecule has 96 valence electrons. The molecular weight excluding hydrogens is 240 g/mol. The van der Waals surface area contributed by atoms with Crippen LogP contribution >= 0.6 is 0 Å². The monoisotopic (exact) mass is 258 g/mol. The van der Waals surface area contributed by atoms with Crippen molar-refractivity contribution >= 4 is 10.0 Å². The first-order valence-electron chi connectivity index (χ1n) is 5.66. The zero-order valence-corrected chi connectivity index (χ0v) is 10.9. The quantitative estimate of drug-likeness (QED) is 0.801. The third-order valence-corrected chi connectivity index (χ3v) is 4.78. The van der Waals surface area contributed by atoms with E-state index in [9.17, 15) is 8.42 Å². The van der Waals surface area contributed by atoms with Gasteiger partial charge in [-0.15, -0.1) is 0 Å². The zero-order valence-electron chi connectivity index (χ0n) is 10.1. The van der Waals surface area contributed by atoms with Crippen molar-refractivity contribution in [2.24, 2.45) is 13.0 Å². The van der Waals surface area contributed by atoms with Crippen LogP contribution in [0.15, 0.2) is 17.6 Å². The lowest BCUT2D eigenvalue weighted by molar-refractivity contribution is 0.449. The van der Waals surface area contributed by atoms with E-state index in [-0.39, 0.29) is 5.03 Å². The van der Waals surface area contributed by atoms with E-state index in [1.807, 2.05) is 7.05 Å². The normalized spacial score (nSPS) is 22.1. The third kappa shape index (κ3) is 2.51. The zero-order chi connectivity index (χ0) is 12.5. The predicted molar refractivity (Wildman–Crippen MR) is 64.0 cm³/mol. The summed E-state index contributed by atoms with van der Waals surface area (Å²) in [4.78, 5) is 3.92. The van der Waals surface area contributed by atoms with Gasteiger partial charge in [-0.3, -0.25) is 0 Å². The number of aryl methyl sites for hydroxylation is 1. The summed E-state index contributed by atoms with van der Waals surface area (Å²) in [5.41, 5.74) is 0. The van der Waals surface area contributed by atoms with Crippen LogP contribution in [-0.2, 0) is 17.1 Å². The van der Waals surface area contributed by atoms with Crippen LogP contribution in [0.1, 0.15) is 6.42 Å². The van der Waals surface area contributed by atoms with Gasteiger partial charge in [0.25, 0.3) is 10.0 Å². The Bertz CT molecular complexity index is 482. The molecule has 1 aromatic heterocycles. The average molecular weight is 258 g/mol. The predicted octanol–water partition coefficient (Wildman–Crippen LogP) is -0.350. The maximum atomic E-state index is 12.2. The third-order valence-electron chi connectivity index (χ3n) is 3.03. The number of nitrogens with zero attached hydrogens (tertiary/aromatic N) is 3. The van der Waals surface area contributed by atoms with Gasteiger partial charge in [0.15, 0.2) is 5.03 Å². The molecule has 0 spiro atoms. The molecule has 1 unspecified atom stereocenters. The number of hydrogen-bond donors (Lipinski definition) is 1. The standard InChI is InChI=1S/C10H18N4O2S/c1-11-5-9-3-4-14(6-9)17(15,16)10-7-13(2)8-12-10/h7-9,11H,3-6H2,1-2H3. The molecule has 1 N–H and O–H groups in total. The van der Waals surface area contributed by atoms with Gasteiger partial charge in [0.2, 0.25) is 0 Å². The van der Waals surface area contributed by atoms with Gasteiger partial charge in [0.1, 0.15) is 0 Å². The molecule has 7 heteroatoms. The van der Waals surface area contributed by atoms with Gasteiger partial charge in [0.05, 0.1) is 6.33 Å². The van der Waals surface area contributed by atoms with Crippen molar-refractivity contribution in [3.05, 3.63) is 12.5 Å². The summed E-state index contributed by atoms with van der Waals surface area (Å²) in [6.45, 7) is 2.03. The van der Waals surface area contributed by atoms with Crippen molar-refractivity contribution < 1.29 is 8.42 Å². The minimum absolute atomic E-state index is 0.144. The molecule has 1 aliphatic rings. The van der Waals surface area contributed by atoms with E-state index in [0.717, 1.165) is 13.0 Å². The molecule has 2 heterocycles. The Kier molecular flexibility index (Phi) is 3.50. The van der Waals surface area contributed by atoms with E-state index in [4.69, 9.17) is 0 Å². The first-order valence-corrected chi connectivity index (χ1v) is 7.10. The summed E-state index contributed by atoms with van der Waals surface area (Å²) in [6, 6.07) is 0.